The number of nitrogens with zero attached hydrogens (tertiary/aromatic N) is 6. The molecule has 0 spiro atoms. The first-order valence-electron chi connectivity index (χ1n) is 13.5. The van der Waals surface area contributed by atoms with Gasteiger partial charge >= 0.3 is 0 Å². The second kappa shape index (κ2) is 12.6. The van der Waals surface area contributed by atoms with Crippen molar-refractivity contribution in [3.05, 3.63) is 60.9 Å². The smallest absolute Gasteiger partial charge is 0.222 e. The Balaban J connectivity index is 1.15. The highest BCUT2D eigenvalue weighted by Crippen LogP contribution is 2.27. The zero-order valence-corrected chi connectivity index (χ0v) is 21.8. The maximum absolute atomic E-state index is 12.6. The lowest BCUT2D eigenvalue weighted by molar-refractivity contribution is -0.131. The van der Waals surface area contributed by atoms with Gasteiger partial charge < -0.3 is 25.3 Å². The Kier molecular flexibility index (Phi) is 8.49. The van der Waals surface area contributed by atoms with Gasteiger partial charge in [-0.3, -0.25) is 9.20 Å². The van der Waals surface area contributed by atoms with Gasteiger partial charge in [-0.05, 0) is 49.2 Å². The normalized spacial score (nSPS) is 13.8. The van der Waals surface area contributed by atoms with Crippen molar-refractivity contribution in [2.45, 2.75) is 45.1 Å². The average Bonchev–Trinajstić information content (AvgIpc) is 3.67. The molecule has 0 radical (unpaired) electrons. The second-order valence-corrected chi connectivity index (χ2v) is 9.67. The maximum atomic E-state index is 12.6. The lowest BCUT2D eigenvalue weighted by Crippen LogP contribution is -2.48. The third kappa shape index (κ3) is 6.13. The molecule has 3 aromatic heterocycles. The Morgan fingerprint density at radius 3 is 2.55 bits per heavy atom. The first-order chi connectivity index (χ1) is 18.7. The number of piperazine rings is 1. The summed E-state index contributed by atoms with van der Waals surface area (Å²) in [5, 5.41) is 11.7. The van der Waals surface area contributed by atoms with E-state index in [2.05, 4.69) is 49.7 Å². The minimum absolute atomic E-state index is 0.283. The van der Waals surface area contributed by atoms with E-state index in [0.717, 1.165) is 86.6 Å². The molecule has 5 rings (SSSR count). The number of unbranched alkanes of at least 4 members (excludes halogenated alkanes) is 4. The summed E-state index contributed by atoms with van der Waals surface area (Å²) in [5.74, 6) is 1.76. The molecule has 0 bridgehead atoms. The molecule has 1 aliphatic heterocycles. The Morgan fingerprint density at radius 2 is 1.79 bits per heavy atom. The molecule has 38 heavy (non-hydrogen) atoms. The van der Waals surface area contributed by atoms with Gasteiger partial charge in [-0.2, -0.15) is 0 Å². The summed E-state index contributed by atoms with van der Waals surface area (Å²) in [6.45, 7) is 4.50. The van der Waals surface area contributed by atoms with Crippen LogP contribution in [0.3, 0.4) is 0 Å². The number of anilines is 2. The fourth-order valence-electron chi connectivity index (χ4n) is 4.91. The van der Waals surface area contributed by atoms with E-state index in [4.69, 9.17) is 10.2 Å². The molecule has 1 saturated heterocycles. The van der Waals surface area contributed by atoms with E-state index >= 15 is 0 Å². The van der Waals surface area contributed by atoms with Crippen LogP contribution in [0.25, 0.3) is 16.8 Å². The fraction of sp³-hybridized carbons (Fsp3) is 0.429. The largest absolute Gasteiger partial charge is 0.467 e. The van der Waals surface area contributed by atoms with Gasteiger partial charge in [0, 0.05) is 50.0 Å². The number of carbonyl (C=O) groups is 1. The standard InChI is InChI=1S/C28H36N8O2/c29-13-5-3-1-2-4-8-26(37)35-16-14-34(15-17-35)23-11-9-22(10-12-23)25-20-31-28(36-21-32-33-27(25)36)30-19-24-7-6-18-38-24/h6-7,9-12,18,20-21H,1-5,8,13-17,19,29H2,(H,30,31). The number of furan rings is 1. The van der Waals surface area contributed by atoms with E-state index < -0.39 is 0 Å². The molecule has 0 unspecified atom stereocenters. The second-order valence-electron chi connectivity index (χ2n) is 9.67. The molecule has 1 fully saturated rings. The summed E-state index contributed by atoms with van der Waals surface area (Å²) in [4.78, 5) is 21.6. The van der Waals surface area contributed by atoms with E-state index in [1.165, 1.54) is 6.42 Å². The predicted molar refractivity (Wildman–Crippen MR) is 148 cm³/mol. The van der Waals surface area contributed by atoms with E-state index in [1.807, 2.05) is 27.6 Å². The molecule has 4 aromatic rings. The van der Waals surface area contributed by atoms with Gasteiger partial charge in [0.05, 0.1) is 12.8 Å². The molecule has 1 aromatic carbocycles. The first kappa shape index (κ1) is 25.7. The summed E-state index contributed by atoms with van der Waals surface area (Å²) >= 11 is 0. The minimum atomic E-state index is 0.283. The third-order valence-corrected chi connectivity index (χ3v) is 7.10. The quantitative estimate of drug-likeness (QED) is 0.272. The lowest BCUT2D eigenvalue weighted by atomic mass is 10.1. The highest BCUT2D eigenvalue weighted by atomic mass is 16.3. The molecule has 10 heteroatoms. The van der Waals surface area contributed by atoms with Gasteiger partial charge in [0.25, 0.3) is 0 Å². The Hall–Kier alpha value is -3.92. The van der Waals surface area contributed by atoms with E-state index in [9.17, 15) is 4.79 Å². The summed E-state index contributed by atoms with van der Waals surface area (Å²) in [6.07, 6.45) is 11.3. The molecule has 0 atom stereocenters. The van der Waals surface area contributed by atoms with Crippen LogP contribution in [-0.2, 0) is 11.3 Å². The molecular formula is C28H36N8O2. The molecule has 200 valence electrons. The van der Waals surface area contributed by atoms with Crippen LogP contribution in [0.2, 0.25) is 0 Å². The number of amides is 1. The zero-order valence-electron chi connectivity index (χ0n) is 21.8. The van der Waals surface area contributed by atoms with E-state index in [1.54, 1.807) is 12.6 Å². The van der Waals surface area contributed by atoms with Crippen LogP contribution < -0.4 is 16.0 Å². The molecule has 0 saturated carbocycles. The number of rotatable bonds is 12. The Bertz CT molecular complexity index is 1290. The van der Waals surface area contributed by atoms with E-state index in [0.29, 0.717) is 18.9 Å². The van der Waals surface area contributed by atoms with Crippen LogP contribution in [0.1, 0.15) is 44.3 Å². The minimum Gasteiger partial charge on any atom is -0.467 e. The Morgan fingerprint density at radius 1 is 1.00 bits per heavy atom. The van der Waals surface area contributed by atoms with E-state index in [-0.39, 0.29) is 5.91 Å². The lowest BCUT2D eigenvalue weighted by Gasteiger charge is -2.36. The van der Waals surface area contributed by atoms with Crippen molar-refractivity contribution in [1.29, 1.82) is 0 Å². The first-order valence-corrected chi connectivity index (χ1v) is 13.5. The topological polar surface area (TPSA) is 118 Å². The van der Waals surface area contributed by atoms with Crippen molar-refractivity contribution in [3.63, 3.8) is 0 Å². The van der Waals surface area contributed by atoms with Crippen LogP contribution in [0.15, 0.2) is 59.6 Å². The predicted octanol–water partition coefficient (Wildman–Crippen LogP) is 3.94. The number of hydrogen-bond donors (Lipinski definition) is 2. The van der Waals surface area contributed by atoms with Gasteiger partial charge in [0.2, 0.25) is 11.9 Å². The van der Waals surface area contributed by atoms with Crippen molar-refractivity contribution in [2.24, 2.45) is 5.73 Å². The molecule has 0 aliphatic carbocycles. The molecule has 1 aliphatic rings. The summed E-state index contributed by atoms with van der Waals surface area (Å²) in [7, 11) is 0. The molecule has 10 nitrogen and oxygen atoms in total. The van der Waals surface area contributed by atoms with Crippen molar-refractivity contribution in [3.8, 4) is 11.1 Å². The van der Waals surface area contributed by atoms with Crippen molar-refractivity contribution in [2.75, 3.05) is 42.9 Å². The van der Waals surface area contributed by atoms with Crippen LogP contribution in [0.4, 0.5) is 11.6 Å². The van der Waals surface area contributed by atoms with Gasteiger partial charge in [-0.25, -0.2) is 4.98 Å². The number of fused-ring (bicyclic) bond motifs is 1. The van der Waals surface area contributed by atoms with Gasteiger partial charge in [0.15, 0.2) is 5.65 Å². The summed E-state index contributed by atoms with van der Waals surface area (Å²) in [5.41, 5.74) is 9.37. The van der Waals surface area contributed by atoms with Gasteiger partial charge in [-0.1, -0.05) is 31.4 Å². The third-order valence-electron chi connectivity index (χ3n) is 7.10. The summed E-state index contributed by atoms with van der Waals surface area (Å²) in [6, 6.07) is 12.2. The van der Waals surface area contributed by atoms with Crippen LogP contribution in [0, 0.1) is 0 Å². The number of nitrogens with one attached hydrogen (secondary N) is 1. The highest BCUT2D eigenvalue weighted by Gasteiger charge is 2.21. The highest BCUT2D eigenvalue weighted by molar-refractivity contribution is 5.79. The molecule has 4 heterocycles. The molecule has 3 N–H and O–H groups in total. The molecule has 1 amide bonds. The maximum Gasteiger partial charge on any atom is 0.222 e. The van der Waals surface area contributed by atoms with Crippen molar-refractivity contribution < 1.29 is 9.21 Å². The number of hydrogen-bond acceptors (Lipinski definition) is 8. The van der Waals surface area contributed by atoms with Crippen molar-refractivity contribution >= 4 is 23.2 Å². The number of benzene rings is 1. The fourth-order valence-corrected chi connectivity index (χ4v) is 4.91. The number of nitrogens with two attached hydrogens (primary N) is 1. The molecular weight excluding hydrogens is 480 g/mol. The van der Waals surface area contributed by atoms with Crippen LogP contribution >= 0.6 is 0 Å². The van der Waals surface area contributed by atoms with Crippen LogP contribution in [-0.4, -0.2) is 63.1 Å². The van der Waals surface area contributed by atoms with Crippen LogP contribution in [0.5, 0.6) is 0 Å². The number of carbonyl (C=O) groups excluding carboxylic acids is 1. The zero-order chi connectivity index (χ0) is 26.2. The SMILES string of the molecule is NCCCCCCCC(=O)N1CCN(c2ccc(-c3cnc(NCc4ccco4)n4cnnc34)cc2)CC1. The summed E-state index contributed by atoms with van der Waals surface area (Å²) < 4.78 is 7.24. The number of aromatic nitrogens is 4. The van der Waals surface area contributed by atoms with Gasteiger partial charge in [0.1, 0.15) is 12.1 Å². The van der Waals surface area contributed by atoms with Gasteiger partial charge in [-0.15, -0.1) is 10.2 Å². The van der Waals surface area contributed by atoms with Crippen molar-refractivity contribution in [1.82, 2.24) is 24.5 Å². The monoisotopic (exact) mass is 516 g/mol. The average molecular weight is 517 g/mol. The Labute approximate surface area is 222 Å².